The maximum atomic E-state index is 11.9. The lowest BCUT2D eigenvalue weighted by Crippen LogP contribution is -2.54. The Morgan fingerprint density at radius 1 is 1.06 bits per heavy atom. The Morgan fingerprint density at radius 3 is 2.00 bits per heavy atom. The summed E-state index contributed by atoms with van der Waals surface area (Å²) in [5.74, 6) is -0.903. The monoisotopic (exact) mass is 263 g/mol. The van der Waals surface area contributed by atoms with Gasteiger partial charge in [0, 0.05) is 17.7 Å². The van der Waals surface area contributed by atoms with Crippen LogP contribution in [0.2, 0.25) is 0 Å². The molecular weight excluding hydrogens is 234 g/mol. The molecule has 0 aromatic carbocycles. The molecule has 0 bridgehead atoms. The second kappa shape index (κ2) is 7.68. The van der Waals surface area contributed by atoms with Gasteiger partial charge >= 0.3 is 0 Å². The first-order valence-electron chi connectivity index (χ1n) is 6.14. The first kappa shape index (κ1) is 16.4. The predicted octanol–water partition coefficient (Wildman–Crippen LogP) is 0.526. The molecule has 0 radical (unpaired) electrons. The molecule has 0 aliphatic rings. The molecule has 0 aromatic heterocycles. The average Bonchev–Trinajstić information content (AvgIpc) is 2.25. The van der Waals surface area contributed by atoms with Gasteiger partial charge in [0.1, 0.15) is 12.1 Å². The molecule has 0 spiro atoms. The molecule has 0 heterocycles. The fourth-order valence-corrected chi connectivity index (χ4v) is 1.45. The fourth-order valence-electron chi connectivity index (χ4n) is 1.45. The third-order valence-electron chi connectivity index (χ3n) is 2.41. The zero-order valence-corrected chi connectivity index (χ0v) is 11.7. The Bertz CT molecular complexity index is 328. The third-order valence-corrected chi connectivity index (χ3v) is 2.41. The van der Waals surface area contributed by atoms with Crippen LogP contribution in [0.3, 0.4) is 0 Å². The summed E-state index contributed by atoms with van der Waals surface area (Å²) in [4.78, 5) is 34.4. The van der Waals surface area contributed by atoms with Crippen LogP contribution in [0.15, 0.2) is 0 Å². The first-order chi connectivity index (χ1) is 8.29. The van der Waals surface area contributed by atoms with E-state index in [2.05, 4.69) is 16.0 Å². The minimum atomic E-state index is -0.626. The van der Waals surface area contributed by atoms with Crippen molar-refractivity contribution in [3.05, 3.63) is 0 Å². The standard InChI is InChI=1S/C12H23N3O3.3H2/c1-6-13-11(17)8(4)14-12(18)10(7(2)3)15-9(5)16;;;/h7-8,10H,6H2,1-5H3,(H,13,17)(H,14,18)(H,15,16);3*1H. The molecule has 0 fully saturated rings. The van der Waals surface area contributed by atoms with Crippen molar-refractivity contribution in [1.82, 2.24) is 16.0 Å². The van der Waals surface area contributed by atoms with Crippen LogP contribution in [-0.4, -0.2) is 36.3 Å². The van der Waals surface area contributed by atoms with Gasteiger partial charge in [0.15, 0.2) is 0 Å². The Morgan fingerprint density at radius 2 is 1.61 bits per heavy atom. The van der Waals surface area contributed by atoms with E-state index in [-0.39, 0.29) is 27.9 Å². The molecule has 0 saturated carbocycles. The maximum absolute atomic E-state index is 11.9. The van der Waals surface area contributed by atoms with Crippen LogP contribution in [0.1, 0.15) is 38.9 Å². The van der Waals surface area contributed by atoms with Gasteiger partial charge in [-0.15, -0.1) is 0 Å². The molecule has 18 heavy (non-hydrogen) atoms. The SMILES string of the molecule is CCNC(=O)C(C)NC(=O)C(NC(C)=O)C(C)C.[HH].[HH].[HH]. The molecular formula is C12H29N3O3. The van der Waals surface area contributed by atoms with Gasteiger partial charge in [-0.2, -0.15) is 0 Å². The van der Waals surface area contributed by atoms with E-state index in [1.165, 1.54) is 6.92 Å². The molecule has 6 nitrogen and oxygen atoms in total. The highest BCUT2D eigenvalue weighted by atomic mass is 16.2. The van der Waals surface area contributed by atoms with E-state index >= 15 is 0 Å². The zero-order chi connectivity index (χ0) is 14.3. The minimum absolute atomic E-state index is 0. The van der Waals surface area contributed by atoms with Gasteiger partial charge in [-0.1, -0.05) is 13.8 Å². The highest BCUT2D eigenvalue weighted by Gasteiger charge is 2.25. The van der Waals surface area contributed by atoms with Gasteiger partial charge in [0.05, 0.1) is 0 Å². The van der Waals surface area contributed by atoms with Gasteiger partial charge in [-0.3, -0.25) is 14.4 Å². The summed E-state index contributed by atoms with van der Waals surface area (Å²) >= 11 is 0. The lowest BCUT2D eigenvalue weighted by molar-refractivity contribution is -0.132. The van der Waals surface area contributed by atoms with Crippen molar-refractivity contribution in [3.63, 3.8) is 0 Å². The molecule has 6 heteroatoms. The molecule has 110 valence electrons. The molecule has 0 rings (SSSR count). The van der Waals surface area contributed by atoms with E-state index in [1.54, 1.807) is 13.8 Å². The number of nitrogens with one attached hydrogen (secondary N) is 3. The predicted molar refractivity (Wildman–Crippen MR) is 75.1 cm³/mol. The van der Waals surface area contributed by atoms with E-state index in [1.807, 2.05) is 13.8 Å². The Kier molecular flexibility index (Phi) is 7.00. The smallest absolute Gasteiger partial charge is 0.243 e. The molecule has 2 atom stereocenters. The van der Waals surface area contributed by atoms with E-state index in [0.717, 1.165) is 0 Å². The summed E-state index contributed by atoms with van der Waals surface area (Å²) in [6.07, 6.45) is 0. The maximum Gasteiger partial charge on any atom is 0.243 e. The van der Waals surface area contributed by atoms with Gasteiger partial charge in [0.2, 0.25) is 17.7 Å². The fraction of sp³-hybridized carbons (Fsp3) is 0.750. The summed E-state index contributed by atoms with van der Waals surface area (Å²) in [7, 11) is 0. The van der Waals surface area contributed by atoms with Crippen molar-refractivity contribution in [2.75, 3.05) is 6.54 Å². The van der Waals surface area contributed by atoms with Gasteiger partial charge in [-0.05, 0) is 19.8 Å². The summed E-state index contributed by atoms with van der Waals surface area (Å²) in [6, 6.07) is -1.24. The summed E-state index contributed by atoms with van der Waals surface area (Å²) in [5.41, 5.74) is 0. The van der Waals surface area contributed by atoms with Crippen LogP contribution in [0.5, 0.6) is 0 Å². The minimum Gasteiger partial charge on any atom is -0.355 e. The van der Waals surface area contributed by atoms with E-state index in [0.29, 0.717) is 6.54 Å². The number of carbonyl (C=O) groups is 3. The van der Waals surface area contributed by atoms with Crippen LogP contribution in [-0.2, 0) is 14.4 Å². The van der Waals surface area contributed by atoms with Crippen LogP contribution in [0, 0.1) is 5.92 Å². The van der Waals surface area contributed by atoms with E-state index < -0.39 is 12.1 Å². The molecule has 3 N–H and O–H groups in total. The molecule has 0 aromatic rings. The topological polar surface area (TPSA) is 87.3 Å². The van der Waals surface area contributed by atoms with Crippen molar-refractivity contribution in [2.24, 2.45) is 5.92 Å². The molecule has 0 aliphatic carbocycles. The number of hydrogen-bond acceptors (Lipinski definition) is 3. The summed E-state index contributed by atoms with van der Waals surface area (Å²) < 4.78 is 0. The third kappa shape index (κ3) is 5.65. The average molecular weight is 263 g/mol. The van der Waals surface area contributed by atoms with Crippen LogP contribution < -0.4 is 16.0 Å². The first-order valence-corrected chi connectivity index (χ1v) is 6.14. The van der Waals surface area contributed by atoms with Crippen molar-refractivity contribution in [1.29, 1.82) is 0 Å². The highest BCUT2D eigenvalue weighted by molar-refractivity contribution is 5.91. The van der Waals surface area contributed by atoms with Gasteiger partial charge in [-0.25, -0.2) is 0 Å². The summed E-state index contributed by atoms with van der Waals surface area (Å²) in [6.45, 7) is 8.94. The van der Waals surface area contributed by atoms with E-state index in [4.69, 9.17) is 0 Å². The molecule has 2 unspecified atom stereocenters. The number of carbonyl (C=O) groups excluding carboxylic acids is 3. The summed E-state index contributed by atoms with van der Waals surface area (Å²) in [5, 5.41) is 7.78. The largest absolute Gasteiger partial charge is 0.355 e. The lowest BCUT2D eigenvalue weighted by atomic mass is 10.0. The second-order valence-corrected chi connectivity index (χ2v) is 4.55. The zero-order valence-electron chi connectivity index (χ0n) is 11.7. The van der Waals surface area contributed by atoms with Gasteiger partial charge in [0.25, 0.3) is 0 Å². The van der Waals surface area contributed by atoms with Crippen LogP contribution in [0.25, 0.3) is 0 Å². The Hall–Kier alpha value is -1.59. The van der Waals surface area contributed by atoms with Crippen molar-refractivity contribution < 1.29 is 18.7 Å². The normalized spacial score (nSPS) is 13.7. The number of likely N-dealkylation sites (N-methyl/N-ethyl adjacent to an activating group) is 1. The Balaban J connectivity index is -0.000000482. The number of rotatable bonds is 6. The van der Waals surface area contributed by atoms with Crippen molar-refractivity contribution in [2.45, 2.75) is 46.7 Å². The van der Waals surface area contributed by atoms with Crippen LogP contribution >= 0.6 is 0 Å². The van der Waals surface area contributed by atoms with Crippen molar-refractivity contribution in [3.8, 4) is 0 Å². The highest BCUT2D eigenvalue weighted by Crippen LogP contribution is 2.02. The number of hydrogen-bond donors (Lipinski definition) is 3. The lowest BCUT2D eigenvalue weighted by Gasteiger charge is -2.23. The molecule has 0 saturated heterocycles. The quantitative estimate of drug-likeness (QED) is 0.653. The van der Waals surface area contributed by atoms with E-state index in [9.17, 15) is 14.4 Å². The molecule has 3 amide bonds. The number of amides is 3. The Labute approximate surface area is 112 Å². The second-order valence-electron chi connectivity index (χ2n) is 4.55. The van der Waals surface area contributed by atoms with Crippen molar-refractivity contribution >= 4 is 17.7 Å². The molecule has 0 aliphatic heterocycles. The van der Waals surface area contributed by atoms with Crippen LogP contribution in [0.4, 0.5) is 0 Å². The van der Waals surface area contributed by atoms with Gasteiger partial charge < -0.3 is 16.0 Å².